The van der Waals surface area contributed by atoms with E-state index in [4.69, 9.17) is 14.4 Å². The van der Waals surface area contributed by atoms with E-state index < -0.39 is 0 Å². The fraction of sp³-hybridized carbons (Fsp3) is 0.0882. The Morgan fingerprint density at radius 1 is 0.684 bits per heavy atom. The van der Waals surface area contributed by atoms with Crippen molar-refractivity contribution < 1.29 is 4.42 Å². The van der Waals surface area contributed by atoms with Crippen molar-refractivity contribution in [1.29, 1.82) is 0 Å². The van der Waals surface area contributed by atoms with Crippen molar-refractivity contribution in [1.82, 2.24) is 15.0 Å². The molecule has 4 aromatic carbocycles. The second-order valence-electron chi connectivity index (χ2n) is 10.5. The first-order chi connectivity index (χ1) is 18.6. The summed E-state index contributed by atoms with van der Waals surface area (Å²) in [6.45, 7) is 4.58. The minimum absolute atomic E-state index is 0.138. The van der Waals surface area contributed by atoms with E-state index in [2.05, 4.69) is 73.4 Å². The maximum Gasteiger partial charge on any atom is 0.160 e. The lowest BCUT2D eigenvalue weighted by molar-refractivity contribution is 0.620. The van der Waals surface area contributed by atoms with Gasteiger partial charge in [0.2, 0.25) is 0 Å². The number of nitrogens with zero attached hydrogens (tertiary/aromatic N) is 3. The fourth-order valence-electron chi connectivity index (χ4n) is 6.13. The highest BCUT2D eigenvalue weighted by atomic mass is 16.3. The number of hydrogen-bond acceptors (Lipinski definition) is 4. The lowest BCUT2D eigenvalue weighted by Gasteiger charge is -2.21. The van der Waals surface area contributed by atoms with Crippen molar-refractivity contribution in [2.24, 2.45) is 0 Å². The lowest BCUT2D eigenvalue weighted by atomic mass is 9.82. The van der Waals surface area contributed by atoms with Crippen LogP contribution >= 0.6 is 0 Å². The van der Waals surface area contributed by atoms with Gasteiger partial charge in [-0.1, -0.05) is 74.5 Å². The van der Waals surface area contributed by atoms with Crippen molar-refractivity contribution in [3.05, 3.63) is 114 Å². The van der Waals surface area contributed by atoms with Gasteiger partial charge in [0.15, 0.2) is 5.82 Å². The molecule has 1 aliphatic rings. The summed E-state index contributed by atoms with van der Waals surface area (Å²) in [6.07, 6.45) is 1.80. The molecule has 3 aromatic heterocycles. The zero-order valence-corrected chi connectivity index (χ0v) is 21.1. The summed E-state index contributed by atoms with van der Waals surface area (Å²) < 4.78 is 6.66. The van der Waals surface area contributed by atoms with Crippen LogP contribution in [0.3, 0.4) is 0 Å². The molecule has 3 heterocycles. The van der Waals surface area contributed by atoms with Gasteiger partial charge in [-0.05, 0) is 53.1 Å². The van der Waals surface area contributed by atoms with E-state index in [1.807, 2.05) is 42.5 Å². The molecular formula is C34H23N3O. The minimum atomic E-state index is -0.138. The summed E-state index contributed by atoms with van der Waals surface area (Å²) in [6, 6.07) is 33.4. The third-order valence-corrected chi connectivity index (χ3v) is 7.93. The van der Waals surface area contributed by atoms with E-state index in [9.17, 15) is 0 Å². The Morgan fingerprint density at radius 3 is 2.39 bits per heavy atom. The molecular weight excluding hydrogens is 466 g/mol. The van der Waals surface area contributed by atoms with Crippen LogP contribution in [0, 0.1) is 0 Å². The van der Waals surface area contributed by atoms with E-state index in [1.165, 1.54) is 22.3 Å². The molecule has 0 spiro atoms. The third-order valence-electron chi connectivity index (χ3n) is 7.93. The summed E-state index contributed by atoms with van der Waals surface area (Å²) in [5.74, 6) is 0.657. The van der Waals surface area contributed by atoms with Crippen molar-refractivity contribution in [3.8, 4) is 33.9 Å². The predicted octanol–water partition coefficient (Wildman–Crippen LogP) is 8.56. The molecule has 4 heteroatoms. The smallest absolute Gasteiger partial charge is 0.160 e. The summed E-state index contributed by atoms with van der Waals surface area (Å²) >= 11 is 0. The first-order valence-corrected chi connectivity index (χ1v) is 12.9. The van der Waals surface area contributed by atoms with Gasteiger partial charge in [0.1, 0.15) is 16.9 Å². The van der Waals surface area contributed by atoms with Crippen LogP contribution < -0.4 is 0 Å². The van der Waals surface area contributed by atoms with E-state index in [-0.39, 0.29) is 5.41 Å². The Kier molecular flexibility index (Phi) is 4.25. The van der Waals surface area contributed by atoms with Crippen LogP contribution in [0.5, 0.6) is 0 Å². The molecule has 1 aliphatic carbocycles. The quantitative estimate of drug-likeness (QED) is 0.244. The zero-order valence-electron chi connectivity index (χ0n) is 21.1. The summed E-state index contributed by atoms with van der Waals surface area (Å²) in [5, 5.41) is 3.22. The van der Waals surface area contributed by atoms with Gasteiger partial charge in [-0.3, -0.25) is 4.98 Å². The molecule has 0 N–H and O–H groups in total. The molecule has 38 heavy (non-hydrogen) atoms. The van der Waals surface area contributed by atoms with Gasteiger partial charge >= 0.3 is 0 Å². The first-order valence-electron chi connectivity index (χ1n) is 12.9. The largest absolute Gasteiger partial charge is 0.456 e. The summed E-state index contributed by atoms with van der Waals surface area (Å²) in [4.78, 5) is 14.5. The van der Waals surface area contributed by atoms with Gasteiger partial charge in [0.05, 0.1) is 11.2 Å². The van der Waals surface area contributed by atoms with Crippen molar-refractivity contribution >= 4 is 32.8 Å². The van der Waals surface area contributed by atoms with Gasteiger partial charge in [-0.25, -0.2) is 9.97 Å². The van der Waals surface area contributed by atoms with Gasteiger partial charge in [-0.15, -0.1) is 0 Å². The second kappa shape index (κ2) is 7.59. The molecule has 0 fully saturated rings. The minimum Gasteiger partial charge on any atom is -0.456 e. The predicted molar refractivity (Wildman–Crippen MR) is 153 cm³/mol. The Bertz CT molecular complexity index is 2050. The van der Waals surface area contributed by atoms with Crippen LogP contribution in [0.2, 0.25) is 0 Å². The fourth-order valence-corrected chi connectivity index (χ4v) is 6.13. The van der Waals surface area contributed by atoms with Gasteiger partial charge in [-0.2, -0.15) is 0 Å². The van der Waals surface area contributed by atoms with Crippen molar-refractivity contribution in [3.63, 3.8) is 0 Å². The van der Waals surface area contributed by atoms with Gasteiger partial charge < -0.3 is 4.42 Å². The third kappa shape index (κ3) is 2.88. The number of furan rings is 1. The molecule has 0 unspecified atom stereocenters. The first kappa shape index (κ1) is 21.3. The number of aromatic nitrogens is 3. The molecule has 0 radical (unpaired) electrons. The highest BCUT2D eigenvalue weighted by Gasteiger charge is 2.38. The Morgan fingerprint density at radius 2 is 1.50 bits per heavy atom. The van der Waals surface area contributed by atoms with E-state index in [1.54, 1.807) is 6.20 Å². The SMILES string of the molecule is CC1(C)c2ccccc2-c2ccc3c(oc4cc(-c5nc(-c6ccccn6)c6ccccc6n5)ccc43)c21. The molecule has 8 rings (SSSR count). The zero-order chi connectivity index (χ0) is 25.4. The van der Waals surface area contributed by atoms with Crippen molar-refractivity contribution in [2.75, 3.05) is 0 Å². The number of benzene rings is 4. The maximum atomic E-state index is 6.66. The Labute approximate surface area is 219 Å². The van der Waals surface area contributed by atoms with Crippen LogP contribution in [0.25, 0.3) is 66.7 Å². The number of hydrogen-bond donors (Lipinski definition) is 0. The average molecular weight is 490 g/mol. The van der Waals surface area contributed by atoms with Gasteiger partial charge in [0, 0.05) is 38.9 Å². The topological polar surface area (TPSA) is 51.8 Å². The van der Waals surface area contributed by atoms with Crippen LogP contribution in [0.15, 0.2) is 108 Å². The standard InChI is InChI=1S/C34H23N3O/c1-34(2)26-11-5-3-9-21(26)23-16-17-24-22-15-14-20(19-29(22)38-32(24)30(23)34)33-36-27-12-6-4-10-25(27)31(37-33)28-13-7-8-18-35-28/h3-19H,1-2H3. The van der Waals surface area contributed by atoms with Crippen LogP contribution in [-0.4, -0.2) is 15.0 Å². The molecule has 0 atom stereocenters. The Hall–Kier alpha value is -4.83. The number of para-hydroxylation sites is 1. The number of rotatable bonds is 2. The van der Waals surface area contributed by atoms with Crippen LogP contribution in [0.1, 0.15) is 25.0 Å². The molecule has 0 bridgehead atoms. The number of pyridine rings is 1. The monoisotopic (exact) mass is 489 g/mol. The molecule has 0 aliphatic heterocycles. The summed E-state index contributed by atoms with van der Waals surface area (Å²) in [5.41, 5.74) is 10.3. The summed E-state index contributed by atoms with van der Waals surface area (Å²) in [7, 11) is 0. The van der Waals surface area contributed by atoms with E-state index in [0.29, 0.717) is 5.82 Å². The van der Waals surface area contributed by atoms with Crippen LogP contribution in [-0.2, 0) is 5.41 Å². The molecule has 0 amide bonds. The Balaban J connectivity index is 1.34. The molecule has 0 saturated carbocycles. The normalized spacial score (nSPS) is 13.7. The molecule has 0 saturated heterocycles. The second-order valence-corrected chi connectivity index (χ2v) is 10.5. The van der Waals surface area contributed by atoms with E-state index in [0.717, 1.165) is 49.8 Å². The lowest BCUT2D eigenvalue weighted by Crippen LogP contribution is -2.15. The average Bonchev–Trinajstić information content (AvgIpc) is 3.44. The number of fused-ring (bicyclic) bond motifs is 8. The molecule has 7 aromatic rings. The maximum absolute atomic E-state index is 6.66. The highest BCUT2D eigenvalue weighted by molar-refractivity contribution is 6.09. The van der Waals surface area contributed by atoms with Crippen LogP contribution in [0.4, 0.5) is 0 Å². The van der Waals surface area contributed by atoms with Gasteiger partial charge in [0.25, 0.3) is 0 Å². The highest BCUT2D eigenvalue weighted by Crippen LogP contribution is 2.52. The molecule has 180 valence electrons. The van der Waals surface area contributed by atoms with Crippen molar-refractivity contribution in [2.45, 2.75) is 19.3 Å². The van der Waals surface area contributed by atoms with E-state index >= 15 is 0 Å². The molecule has 4 nitrogen and oxygen atoms in total.